The van der Waals surface area contributed by atoms with E-state index in [-0.39, 0.29) is 0 Å². The van der Waals surface area contributed by atoms with Crippen LogP contribution in [-0.4, -0.2) is 4.98 Å². The number of aromatic nitrogens is 1. The van der Waals surface area contributed by atoms with E-state index in [0.717, 1.165) is 26.7 Å². The van der Waals surface area contributed by atoms with Crippen LogP contribution in [0.1, 0.15) is 5.56 Å². The van der Waals surface area contributed by atoms with Gasteiger partial charge in [-0.15, -0.1) is 0 Å². The van der Waals surface area contributed by atoms with E-state index in [2.05, 4.69) is 20.9 Å². The number of nitrogens with two attached hydrogens (primary N) is 2. The van der Waals surface area contributed by atoms with Crippen LogP contribution in [0.3, 0.4) is 0 Å². The largest absolute Gasteiger partial charge is 0.435 e. The van der Waals surface area contributed by atoms with Crippen LogP contribution in [0, 0.1) is 6.92 Å². The molecule has 5 heteroatoms. The van der Waals surface area contributed by atoms with Crippen molar-refractivity contribution in [1.82, 2.24) is 4.98 Å². The number of nitrogen functional groups attached to an aromatic ring is 2. The Labute approximate surface area is 118 Å². The van der Waals surface area contributed by atoms with E-state index in [1.807, 2.05) is 19.1 Å². The Hall–Kier alpha value is -2.01. The molecule has 0 fully saturated rings. The van der Waals surface area contributed by atoms with E-state index in [9.17, 15) is 0 Å². The summed E-state index contributed by atoms with van der Waals surface area (Å²) in [5.41, 5.74) is 16.2. The van der Waals surface area contributed by atoms with Gasteiger partial charge in [-0.3, -0.25) is 0 Å². The lowest BCUT2D eigenvalue weighted by Crippen LogP contribution is -1.91. The molecule has 3 rings (SSSR count). The molecule has 0 radical (unpaired) electrons. The summed E-state index contributed by atoms with van der Waals surface area (Å²) in [4.78, 5) is 4.48. The lowest BCUT2D eigenvalue weighted by molar-refractivity contribution is 0.618. The number of hydrogen-bond acceptors (Lipinski definition) is 4. The summed E-state index contributed by atoms with van der Waals surface area (Å²) >= 11 is 3.48. The van der Waals surface area contributed by atoms with Gasteiger partial charge in [-0.05, 0) is 58.7 Å². The molecule has 0 saturated heterocycles. The third-order valence-corrected chi connectivity index (χ3v) is 3.40. The minimum atomic E-state index is 0.514. The van der Waals surface area contributed by atoms with Crippen LogP contribution in [0.15, 0.2) is 39.2 Å². The highest BCUT2D eigenvalue weighted by Gasteiger charge is 2.12. The van der Waals surface area contributed by atoms with Crippen molar-refractivity contribution >= 4 is 38.4 Å². The van der Waals surface area contributed by atoms with E-state index in [1.54, 1.807) is 18.2 Å². The monoisotopic (exact) mass is 317 g/mol. The molecule has 0 atom stereocenters. The highest BCUT2D eigenvalue weighted by Crippen LogP contribution is 2.31. The van der Waals surface area contributed by atoms with Crippen molar-refractivity contribution in [3.63, 3.8) is 0 Å². The Morgan fingerprint density at radius 2 is 1.74 bits per heavy atom. The highest BCUT2D eigenvalue weighted by molar-refractivity contribution is 9.10. The van der Waals surface area contributed by atoms with Crippen LogP contribution >= 0.6 is 15.9 Å². The average molecular weight is 318 g/mol. The third kappa shape index (κ3) is 2.17. The molecule has 0 aliphatic carbocycles. The summed E-state index contributed by atoms with van der Waals surface area (Å²) < 4.78 is 6.67. The summed E-state index contributed by atoms with van der Waals surface area (Å²) in [7, 11) is 0. The van der Waals surface area contributed by atoms with Crippen molar-refractivity contribution in [2.75, 3.05) is 11.5 Å². The second-order valence-electron chi connectivity index (χ2n) is 4.50. The third-order valence-electron chi connectivity index (χ3n) is 2.81. The number of fused-ring (bicyclic) bond motifs is 1. The molecule has 0 saturated carbocycles. The van der Waals surface area contributed by atoms with Gasteiger partial charge in [0.15, 0.2) is 5.58 Å². The molecule has 1 aromatic heterocycles. The number of nitrogens with zero attached hydrogens (tertiary/aromatic N) is 1. The summed E-state index contributed by atoms with van der Waals surface area (Å²) in [5, 5.41) is 0. The van der Waals surface area contributed by atoms with Gasteiger partial charge in [0.05, 0.1) is 4.47 Å². The van der Waals surface area contributed by atoms with E-state index in [0.29, 0.717) is 17.3 Å². The first-order valence-corrected chi connectivity index (χ1v) is 6.55. The van der Waals surface area contributed by atoms with Gasteiger partial charge in [0.25, 0.3) is 0 Å². The lowest BCUT2D eigenvalue weighted by Gasteiger charge is -2.00. The van der Waals surface area contributed by atoms with E-state index in [1.165, 1.54) is 0 Å². The first-order valence-electron chi connectivity index (χ1n) is 5.76. The van der Waals surface area contributed by atoms with Crippen molar-refractivity contribution in [1.29, 1.82) is 0 Å². The average Bonchev–Trinajstić information content (AvgIpc) is 2.71. The molecule has 0 bridgehead atoms. The molecule has 2 aromatic carbocycles. The molecule has 0 unspecified atom stereocenters. The quantitative estimate of drug-likeness (QED) is 0.670. The van der Waals surface area contributed by atoms with Gasteiger partial charge in [0.2, 0.25) is 5.89 Å². The Morgan fingerprint density at radius 1 is 1.05 bits per heavy atom. The summed E-state index contributed by atoms with van der Waals surface area (Å²) in [6.07, 6.45) is 0. The SMILES string of the molecule is Cc1cc(Br)c2oc(-c3cc(N)cc(N)c3)nc2c1. The summed E-state index contributed by atoms with van der Waals surface area (Å²) in [5.74, 6) is 0.514. The summed E-state index contributed by atoms with van der Waals surface area (Å²) in [6, 6.07) is 9.25. The molecule has 0 amide bonds. The van der Waals surface area contributed by atoms with Gasteiger partial charge in [0, 0.05) is 16.9 Å². The first-order chi connectivity index (χ1) is 9.02. The van der Waals surface area contributed by atoms with Crippen molar-refractivity contribution < 1.29 is 4.42 Å². The van der Waals surface area contributed by atoms with Crippen LogP contribution in [0.2, 0.25) is 0 Å². The number of aryl methyl sites for hydroxylation is 1. The zero-order valence-electron chi connectivity index (χ0n) is 10.3. The number of anilines is 2. The van der Waals surface area contributed by atoms with Crippen molar-refractivity contribution in [3.05, 3.63) is 40.4 Å². The smallest absolute Gasteiger partial charge is 0.227 e. The van der Waals surface area contributed by atoms with Gasteiger partial charge < -0.3 is 15.9 Å². The van der Waals surface area contributed by atoms with Crippen molar-refractivity contribution in [3.8, 4) is 11.5 Å². The molecular weight excluding hydrogens is 306 g/mol. The van der Waals surface area contributed by atoms with Crippen LogP contribution in [-0.2, 0) is 0 Å². The standard InChI is InChI=1S/C14H12BrN3O/c1-7-2-11(15)13-12(3-7)18-14(19-13)8-4-9(16)6-10(17)5-8/h2-6H,16-17H2,1H3. The molecule has 4 nitrogen and oxygen atoms in total. The molecule has 19 heavy (non-hydrogen) atoms. The zero-order valence-corrected chi connectivity index (χ0v) is 11.9. The molecule has 96 valence electrons. The predicted octanol–water partition coefficient (Wildman–Crippen LogP) is 3.73. The summed E-state index contributed by atoms with van der Waals surface area (Å²) in [6.45, 7) is 2.01. The fourth-order valence-electron chi connectivity index (χ4n) is 2.05. The number of oxazole rings is 1. The van der Waals surface area contributed by atoms with Gasteiger partial charge in [-0.1, -0.05) is 0 Å². The molecule has 0 aliphatic rings. The zero-order chi connectivity index (χ0) is 13.6. The maximum absolute atomic E-state index is 5.79. The second-order valence-corrected chi connectivity index (χ2v) is 5.36. The molecule has 1 heterocycles. The molecule has 4 N–H and O–H groups in total. The molecule has 0 aliphatic heterocycles. The Balaban J connectivity index is 2.23. The molecule has 3 aromatic rings. The fraction of sp³-hybridized carbons (Fsp3) is 0.0714. The molecule has 0 spiro atoms. The minimum Gasteiger partial charge on any atom is -0.435 e. The number of hydrogen-bond donors (Lipinski definition) is 2. The van der Waals surface area contributed by atoms with Gasteiger partial charge in [-0.25, -0.2) is 4.98 Å². The highest BCUT2D eigenvalue weighted by atomic mass is 79.9. The Bertz CT molecular complexity index is 759. The van der Waals surface area contributed by atoms with E-state index < -0.39 is 0 Å². The van der Waals surface area contributed by atoms with Crippen LogP contribution in [0.5, 0.6) is 0 Å². The van der Waals surface area contributed by atoms with Gasteiger partial charge in [-0.2, -0.15) is 0 Å². The first kappa shape index (κ1) is 12.0. The van der Waals surface area contributed by atoms with Gasteiger partial charge in [0.1, 0.15) is 5.52 Å². The maximum atomic E-state index is 5.79. The predicted molar refractivity (Wildman–Crippen MR) is 80.7 cm³/mol. The maximum Gasteiger partial charge on any atom is 0.227 e. The second kappa shape index (κ2) is 4.28. The number of benzene rings is 2. The van der Waals surface area contributed by atoms with E-state index >= 15 is 0 Å². The lowest BCUT2D eigenvalue weighted by atomic mass is 10.2. The van der Waals surface area contributed by atoms with E-state index in [4.69, 9.17) is 15.9 Å². The van der Waals surface area contributed by atoms with Crippen LogP contribution in [0.25, 0.3) is 22.6 Å². The normalized spacial score (nSPS) is 11.1. The Kier molecular flexibility index (Phi) is 2.71. The van der Waals surface area contributed by atoms with Crippen LogP contribution in [0.4, 0.5) is 11.4 Å². The van der Waals surface area contributed by atoms with Crippen molar-refractivity contribution in [2.45, 2.75) is 6.92 Å². The van der Waals surface area contributed by atoms with Crippen LogP contribution < -0.4 is 11.5 Å². The topological polar surface area (TPSA) is 78.1 Å². The minimum absolute atomic E-state index is 0.514. The van der Waals surface area contributed by atoms with Crippen molar-refractivity contribution in [2.24, 2.45) is 0 Å². The number of rotatable bonds is 1. The van der Waals surface area contributed by atoms with Gasteiger partial charge >= 0.3 is 0 Å². The molecular formula is C14H12BrN3O. The fourth-order valence-corrected chi connectivity index (χ4v) is 2.69. The number of halogens is 1. The Morgan fingerprint density at radius 3 is 2.42 bits per heavy atom.